The fourth-order valence-corrected chi connectivity index (χ4v) is 4.36. The van der Waals surface area contributed by atoms with E-state index in [0.29, 0.717) is 17.2 Å². The van der Waals surface area contributed by atoms with Crippen LogP contribution in [0.4, 0.5) is 11.6 Å². The second-order valence-electron chi connectivity index (χ2n) is 8.63. The molecule has 3 N–H and O–H groups in total. The highest BCUT2D eigenvalue weighted by Crippen LogP contribution is 2.38. The molecule has 0 bridgehead atoms. The molecule has 9 heteroatoms. The topological polar surface area (TPSA) is 104 Å². The van der Waals surface area contributed by atoms with E-state index in [1.165, 1.54) is 12.8 Å². The van der Waals surface area contributed by atoms with Crippen molar-refractivity contribution in [2.75, 3.05) is 29.9 Å². The fourth-order valence-electron chi connectivity index (χ4n) is 4.36. The molecular formula is C23H24N8O. The number of para-hydroxylation sites is 2. The van der Waals surface area contributed by atoms with Crippen LogP contribution in [-0.2, 0) is 7.05 Å². The number of anilines is 2. The first-order valence-corrected chi connectivity index (χ1v) is 10.9. The molecule has 2 fully saturated rings. The molecule has 32 heavy (non-hydrogen) atoms. The van der Waals surface area contributed by atoms with Crippen LogP contribution in [0.1, 0.15) is 23.2 Å². The minimum Gasteiger partial charge on any atom is -0.353 e. The Labute approximate surface area is 184 Å². The van der Waals surface area contributed by atoms with E-state index in [0.717, 1.165) is 42.2 Å². The van der Waals surface area contributed by atoms with Crippen LogP contribution in [0.3, 0.4) is 0 Å². The van der Waals surface area contributed by atoms with Crippen molar-refractivity contribution in [2.45, 2.75) is 18.4 Å². The lowest BCUT2D eigenvalue weighted by atomic mass is 10.2. The van der Waals surface area contributed by atoms with Crippen molar-refractivity contribution in [3.8, 4) is 11.5 Å². The number of aromatic amines is 1. The molecule has 1 saturated heterocycles. The molecule has 4 heterocycles. The Bertz CT molecular complexity index is 1270. The number of fused-ring (bicyclic) bond motifs is 1. The average molecular weight is 429 g/mol. The Kier molecular flexibility index (Phi) is 4.25. The van der Waals surface area contributed by atoms with Crippen molar-refractivity contribution in [3.05, 3.63) is 54.2 Å². The van der Waals surface area contributed by atoms with Crippen molar-refractivity contribution in [1.29, 1.82) is 0 Å². The summed E-state index contributed by atoms with van der Waals surface area (Å²) in [5.41, 5.74) is 3.42. The molecular weight excluding hydrogens is 404 g/mol. The van der Waals surface area contributed by atoms with Gasteiger partial charge in [0.1, 0.15) is 11.5 Å². The predicted molar refractivity (Wildman–Crippen MR) is 123 cm³/mol. The summed E-state index contributed by atoms with van der Waals surface area (Å²) in [6.07, 6.45) is 4.09. The number of amides is 1. The highest BCUT2D eigenvalue weighted by molar-refractivity contribution is 6.03. The summed E-state index contributed by atoms with van der Waals surface area (Å²) >= 11 is 0. The van der Waals surface area contributed by atoms with Crippen LogP contribution in [0.15, 0.2) is 48.7 Å². The zero-order valence-corrected chi connectivity index (χ0v) is 17.8. The Morgan fingerprint density at radius 3 is 2.84 bits per heavy atom. The summed E-state index contributed by atoms with van der Waals surface area (Å²) < 4.78 is 1.70. The molecule has 9 nitrogen and oxygen atoms in total. The van der Waals surface area contributed by atoms with Crippen molar-refractivity contribution >= 4 is 28.6 Å². The van der Waals surface area contributed by atoms with Crippen LogP contribution >= 0.6 is 0 Å². The maximum Gasteiger partial charge on any atom is 0.258 e. The van der Waals surface area contributed by atoms with E-state index in [1.807, 2.05) is 49.5 Å². The van der Waals surface area contributed by atoms with Crippen LogP contribution in [0.5, 0.6) is 0 Å². The molecule has 0 unspecified atom stereocenters. The lowest BCUT2D eigenvalue weighted by molar-refractivity contribution is 0.102. The number of H-pyrrole nitrogens is 1. The monoisotopic (exact) mass is 428 g/mol. The molecule has 4 aromatic rings. The van der Waals surface area contributed by atoms with E-state index in [4.69, 9.17) is 0 Å². The number of carbonyl (C=O) groups is 1. The van der Waals surface area contributed by atoms with Crippen molar-refractivity contribution in [1.82, 2.24) is 30.0 Å². The number of carbonyl (C=O) groups excluding carboxylic acids is 1. The summed E-state index contributed by atoms with van der Waals surface area (Å²) in [6.45, 7) is 2.87. The molecule has 0 atom stereocenters. The third kappa shape index (κ3) is 3.40. The minimum atomic E-state index is -0.239. The van der Waals surface area contributed by atoms with Gasteiger partial charge in [-0.25, -0.2) is 9.97 Å². The van der Waals surface area contributed by atoms with E-state index in [2.05, 4.69) is 35.6 Å². The summed E-state index contributed by atoms with van der Waals surface area (Å²) in [7, 11) is 1.83. The van der Waals surface area contributed by atoms with Crippen LogP contribution < -0.4 is 15.5 Å². The van der Waals surface area contributed by atoms with Gasteiger partial charge in [-0.2, -0.15) is 5.10 Å². The van der Waals surface area contributed by atoms with Gasteiger partial charge in [0.15, 0.2) is 11.6 Å². The minimum absolute atomic E-state index is 0.239. The summed E-state index contributed by atoms with van der Waals surface area (Å²) in [5, 5.41) is 10.9. The number of nitrogens with zero attached hydrogens (tertiary/aromatic N) is 5. The summed E-state index contributed by atoms with van der Waals surface area (Å²) in [6, 6.07) is 13.4. The van der Waals surface area contributed by atoms with Crippen molar-refractivity contribution < 1.29 is 4.79 Å². The van der Waals surface area contributed by atoms with Gasteiger partial charge in [0.2, 0.25) is 0 Å². The molecule has 1 aliphatic carbocycles. The van der Waals surface area contributed by atoms with Gasteiger partial charge in [0.25, 0.3) is 5.91 Å². The van der Waals surface area contributed by atoms with E-state index in [1.54, 1.807) is 10.9 Å². The van der Waals surface area contributed by atoms with Crippen molar-refractivity contribution in [3.63, 3.8) is 0 Å². The molecule has 1 amide bonds. The largest absolute Gasteiger partial charge is 0.353 e. The lowest BCUT2D eigenvalue weighted by Gasteiger charge is -2.34. The molecule has 3 aromatic heterocycles. The highest BCUT2D eigenvalue weighted by atomic mass is 16.1. The first-order valence-electron chi connectivity index (χ1n) is 10.9. The van der Waals surface area contributed by atoms with Gasteiger partial charge in [0.05, 0.1) is 16.6 Å². The third-order valence-electron chi connectivity index (χ3n) is 6.32. The zero-order valence-electron chi connectivity index (χ0n) is 17.8. The zero-order chi connectivity index (χ0) is 21.7. The number of piperazine rings is 1. The van der Waals surface area contributed by atoms with Gasteiger partial charge in [0, 0.05) is 44.5 Å². The average Bonchev–Trinajstić information content (AvgIpc) is 3.24. The van der Waals surface area contributed by atoms with E-state index < -0.39 is 0 Å². The third-order valence-corrected chi connectivity index (χ3v) is 6.32. The molecule has 1 aromatic carbocycles. The first-order chi connectivity index (χ1) is 15.6. The number of nitrogens with one attached hydrogen (secondary N) is 3. The molecule has 1 saturated carbocycles. The summed E-state index contributed by atoms with van der Waals surface area (Å²) in [5.74, 6) is 1.85. The van der Waals surface area contributed by atoms with Gasteiger partial charge < -0.3 is 20.5 Å². The van der Waals surface area contributed by atoms with E-state index >= 15 is 0 Å². The number of pyridine rings is 1. The number of imidazole rings is 1. The second kappa shape index (κ2) is 7.16. The van der Waals surface area contributed by atoms with Crippen LogP contribution in [0.25, 0.3) is 22.6 Å². The van der Waals surface area contributed by atoms with Crippen LogP contribution in [0.2, 0.25) is 0 Å². The Morgan fingerprint density at radius 1 is 1.19 bits per heavy atom. The van der Waals surface area contributed by atoms with Crippen molar-refractivity contribution in [2.24, 2.45) is 7.05 Å². The highest BCUT2D eigenvalue weighted by Gasteiger charge is 2.45. The summed E-state index contributed by atoms with van der Waals surface area (Å²) in [4.78, 5) is 27.5. The van der Waals surface area contributed by atoms with Gasteiger partial charge in [-0.15, -0.1) is 0 Å². The Hall–Kier alpha value is -3.72. The van der Waals surface area contributed by atoms with E-state index in [9.17, 15) is 4.79 Å². The first kappa shape index (κ1) is 19.0. The number of hydrogen-bond acceptors (Lipinski definition) is 6. The molecule has 1 aliphatic heterocycles. The van der Waals surface area contributed by atoms with Crippen LogP contribution in [0, 0.1) is 0 Å². The number of hydrogen-bond donors (Lipinski definition) is 3. The number of aryl methyl sites for hydroxylation is 1. The van der Waals surface area contributed by atoms with Gasteiger partial charge in [-0.1, -0.05) is 12.1 Å². The molecule has 2 aliphatic rings. The molecule has 6 rings (SSSR count). The predicted octanol–water partition coefficient (Wildman–Crippen LogP) is 2.55. The Morgan fingerprint density at radius 2 is 2.06 bits per heavy atom. The molecule has 1 spiro atoms. The second-order valence-corrected chi connectivity index (χ2v) is 8.63. The van der Waals surface area contributed by atoms with E-state index in [-0.39, 0.29) is 11.4 Å². The van der Waals surface area contributed by atoms with Gasteiger partial charge >= 0.3 is 0 Å². The van der Waals surface area contributed by atoms with Gasteiger partial charge in [-0.05, 0) is 37.1 Å². The Balaban J connectivity index is 1.17. The van der Waals surface area contributed by atoms with Crippen LogP contribution in [-0.4, -0.2) is 55.8 Å². The maximum absolute atomic E-state index is 12.8. The standard InChI is InChI=1S/C23H24N8O/c1-30-18(21-26-16-4-2-3-5-17(16)27-21)12-19(29-30)28-22(32)15-6-7-20(24-13-15)31-11-10-25-23(14-31)8-9-23/h2-7,12-13,25H,8-11,14H2,1H3,(H,26,27)(H,28,29,32). The number of aromatic nitrogens is 5. The quantitative estimate of drug-likeness (QED) is 0.462. The smallest absolute Gasteiger partial charge is 0.258 e. The normalized spacial score (nSPS) is 17.1. The maximum atomic E-state index is 12.8. The lowest BCUT2D eigenvalue weighted by Crippen LogP contribution is -2.52. The number of rotatable bonds is 4. The fraction of sp³-hybridized carbons (Fsp3) is 0.304. The molecule has 162 valence electrons. The molecule has 0 radical (unpaired) electrons. The number of benzene rings is 1. The SMILES string of the molecule is Cn1nc(NC(=O)c2ccc(N3CCNC4(CC4)C3)nc2)cc1-c1nc2ccccc2[nH]1. The van der Waals surface area contributed by atoms with Gasteiger partial charge in [-0.3, -0.25) is 9.48 Å².